The molecule has 0 atom stereocenters. The van der Waals surface area contributed by atoms with Gasteiger partial charge in [0.05, 0.1) is 23.2 Å². The van der Waals surface area contributed by atoms with Crippen LogP contribution in [0.5, 0.6) is 0 Å². The van der Waals surface area contributed by atoms with Crippen molar-refractivity contribution in [3.8, 4) is 11.4 Å². The molecule has 4 aromatic heterocycles. The molecule has 0 aromatic carbocycles. The Bertz CT molecular complexity index is 1130. The van der Waals surface area contributed by atoms with Crippen LogP contribution in [0.15, 0.2) is 35.1 Å². The molecule has 27 heavy (non-hydrogen) atoms. The second kappa shape index (κ2) is 6.60. The maximum atomic E-state index is 12.7. The largest absolute Gasteiger partial charge is 0.343 e. The number of carbonyl (C=O) groups excluding carboxylic acids is 1. The molecular weight excluding hydrogens is 346 g/mol. The van der Waals surface area contributed by atoms with Crippen LogP contribution in [-0.4, -0.2) is 35.8 Å². The number of aryl methyl sites for hydroxylation is 3. The standard InChI is InChI=1S/C18H17N7O2/c1-10-8-13(15-11(2)23-25(3)17(15)21-10)18(26)20-9-14-22-16(24-27-14)12-4-6-19-7-5-12/h4-8H,9H2,1-3H3,(H,20,26). The minimum atomic E-state index is -0.245. The normalized spacial score (nSPS) is 11.1. The smallest absolute Gasteiger partial charge is 0.252 e. The molecule has 0 unspecified atom stereocenters. The van der Waals surface area contributed by atoms with Crippen LogP contribution in [0.25, 0.3) is 22.4 Å². The molecule has 4 heterocycles. The molecule has 0 saturated heterocycles. The summed E-state index contributed by atoms with van der Waals surface area (Å²) in [6.07, 6.45) is 3.31. The van der Waals surface area contributed by atoms with E-state index in [0.29, 0.717) is 22.9 Å². The van der Waals surface area contributed by atoms with Crippen LogP contribution < -0.4 is 5.32 Å². The lowest BCUT2D eigenvalue weighted by Crippen LogP contribution is -2.23. The van der Waals surface area contributed by atoms with Crippen molar-refractivity contribution in [2.24, 2.45) is 7.05 Å². The number of fused-ring (bicyclic) bond motifs is 1. The Morgan fingerprint density at radius 1 is 1.22 bits per heavy atom. The molecule has 0 radical (unpaired) electrons. The van der Waals surface area contributed by atoms with E-state index in [2.05, 4.69) is 30.5 Å². The fourth-order valence-corrected chi connectivity index (χ4v) is 2.95. The molecular formula is C18H17N7O2. The van der Waals surface area contributed by atoms with E-state index in [0.717, 1.165) is 22.3 Å². The Labute approximate surface area is 154 Å². The van der Waals surface area contributed by atoms with E-state index in [4.69, 9.17) is 4.52 Å². The van der Waals surface area contributed by atoms with E-state index in [-0.39, 0.29) is 12.5 Å². The van der Waals surface area contributed by atoms with E-state index in [1.807, 2.05) is 20.9 Å². The van der Waals surface area contributed by atoms with Gasteiger partial charge in [0.25, 0.3) is 5.91 Å². The minimum absolute atomic E-state index is 0.124. The lowest BCUT2D eigenvalue weighted by molar-refractivity contribution is 0.0947. The number of carbonyl (C=O) groups is 1. The summed E-state index contributed by atoms with van der Waals surface area (Å²) in [5.41, 5.74) is 3.49. The van der Waals surface area contributed by atoms with Crippen LogP contribution in [-0.2, 0) is 13.6 Å². The van der Waals surface area contributed by atoms with E-state index in [1.54, 1.807) is 35.3 Å². The van der Waals surface area contributed by atoms with Gasteiger partial charge in [-0.3, -0.25) is 14.5 Å². The molecule has 1 N–H and O–H groups in total. The van der Waals surface area contributed by atoms with E-state index in [1.165, 1.54) is 0 Å². The zero-order valence-corrected chi connectivity index (χ0v) is 15.1. The number of pyridine rings is 2. The van der Waals surface area contributed by atoms with Crippen molar-refractivity contribution in [1.29, 1.82) is 0 Å². The zero-order chi connectivity index (χ0) is 19.0. The van der Waals surface area contributed by atoms with Gasteiger partial charge in [-0.15, -0.1) is 0 Å². The number of nitrogens with one attached hydrogen (secondary N) is 1. The molecule has 4 rings (SSSR count). The van der Waals surface area contributed by atoms with Crippen LogP contribution in [0.1, 0.15) is 27.6 Å². The summed E-state index contributed by atoms with van der Waals surface area (Å²) in [5, 5.41) is 11.9. The van der Waals surface area contributed by atoms with Gasteiger partial charge in [-0.1, -0.05) is 5.16 Å². The second-order valence-electron chi connectivity index (χ2n) is 6.15. The molecule has 0 aliphatic heterocycles. The first-order valence-corrected chi connectivity index (χ1v) is 8.35. The van der Waals surface area contributed by atoms with Gasteiger partial charge in [-0.05, 0) is 32.0 Å². The van der Waals surface area contributed by atoms with Gasteiger partial charge in [-0.2, -0.15) is 10.1 Å². The van der Waals surface area contributed by atoms with Crippen molar-refractivity contribution in [2.75, 3.05) is 0 Å². The van der Waals surface area contributed by atoms with Crippen molar-refractivity contribution in [1.82, 2.24) is 35.2 Å². The van der Waals surface area contributed by atoms with Gasteiger partial charge in [-0.25, -0.2) is 4.98 Å². The molecule has 4 aromatic rings. The number of rotatable bonds is 4. The summed E-state index contributed by atoms with van der Waals surface area (Å²) in [7, 11) is 1.81. The van der Waals surface area contributed by atoms with Crippen molar-refractivity contribution < 1.29 is 9.32 Å². The lowest BCUT2D eigenvalue weighted by Gasteiger charge is -2.06. The molecule has 1 amide bonds. The highest BCUT2D eigenvalue weighted by molar-refractivity contribution is 6.06. The topological polar surface area (TPSA) is 112 Å². The molecule has 0 spiro atoms. The molecule has 9 heteroatoms. The third-order valence-electron chi connectivity index (χ3n) is 4.15. The summed E-state index contributed by atoms with van der Waals surface area (Å²) in [4.78, 5) is 25.5. The number of aromatic nitrogens is 6. The monoisotopic (exact) mass is 363 g/mol. The number of amides is 1. The molecule has 9 nitrogen and oxygen atoms in total. The Balaban J connectivity index is 1.56. The summed E-state index contributed by atoms with van der Waals surface area (Å²) < 4.78 is 6.89. The van der Waals surface area contributed by atoms with Crippen molar-refractivity contribution in [2.45, 2.75) is 20.4 Å². The third kappa shape index (κ3) is 3.14. The summed E-state index contributed by atoms with van der Waals surface area (Å²) in [6, 6.07) is 5.33. The SMILES string of the molecule is Cc1cc(C(=O)NCc2nc(-c3ccncc3)no2)c2c(C)nn(C)c2n1. The summed E-state index contributed by atoms with van der Waals surface area (Å²) >= 11 is 0. The van der Waals surface area contributed by atoms with Crippen molar-refractivity contribution in [3.63, 3.8) is 0 Å². The van der Waals surface area contributed by atoms with E-state index >= 15 is 0 Å². The molecule has 0 aliphatic carbocycles. The summed E-state index contributed by atoms with van der Waals surface area (Å²) in [6.45, 7) is 3.83. The van der Waals surface area contributed by atoms with Crippen LogP contribution >= 0.6 is 0 Å². The first kappa shape index (κ1) is 16.8. The highest BCUT2D eigenvalue weighted by Gasteiger charge is 2.18. The fraction of sp³-hybridized carbons (Fsp3) is 0.222. The Morgan fingerprint density at radius 2 is 2.00 bits per heavy atom. The maximum Gasteiger partial charge on any atom is 0.252 e. The zero-order valence-electron chi connectivity index (χ0n) is 15.1. The average Bonchev–Trinajstić information content (AvgIpc) is 3.25. The van der Waals surface area contributed by atoms with E-state index < -0.39 is 0 Å². The van der Waals surface area contributed by atoms with E-state index in [9.17, 15) is 4.79 Å². The second-order valence-corrected chi connectivity index (χ2v) is 6.15. The van der Waals surface area contributed by atoms with Gasteiger partial charge in [0.1, 0.15) is 0 Å². The van der Waals surface area contributed by atoms with Crippen LogP contribution in [0, 0.1) is 13.8 Å². The van der Waals surface area contributed by atoms with Crippen molar-refractivity contribution >= 4 is 16.9 Å². The van der Waals surface area contributed by atoms with Crippen LogP contribution in [0.2, 0.25) is 0 Å². The summed E-state index contributed by atoms with van der Waals surface area (Å²) in [5.74, 6) is 0.525. The minimum Gasteiger partial charge on any atom is -0.343 e. The molecule has 0 aliphatic rings. The first-order valence-electron chi connectivity index (χ1n) is 8.35. The van der Waals surface area contributed by atoms with Crippen LogP contribution in [0.4, 0.5) is 0 Å². The third-order valence-corrected chi connectivity index (χ3v) is 4.15. The Hall–Kier alpha value is -3.62. The van der Waals surface area contributed by atoms with Crippen LogP contribution in [0.3, 0.4) is 0 Å². The Kier molecular flexibility index (Phi) is 4.11. The quantitative estimate of drug-likeness (QED) is 0.590. The predicted octanol–water partition coefficient (Wildman–Crippen LogP) is 1.96. The van der Waals surface area contributed by atoms with Gasteiger partial charge in [0.15, 0.2) is 5.65 Å². The maximum absolute atomic E-state index is 12.7. The lowest BCUT2D eigenvalue weighted by atomic mass is 10.1. The van der Waals surface area contributed by atoms with Crippen molar-refractivity contribution in [3.05, 3.63) is 53.4 Å². The number of hydrogen-bond acceptors (Lipinski definition) is 7. The molecule has 0 fully saturated rings. The highest BCUT2D eigenvalue weighted by atomic mass is 16.5. The molecule has 136 valence electrons. The van der Waals surface area contributed by atoms with Gasteiger partial charge < -0.3 is 9.84 Å². The highest BCUT2D eigenvalue weighted by Crippen LogP contribution is 2.21. The predicted molar refractivity (Wildman–Crippen MR) is 96.7 cm³/mol. The molecule has 0 saturated carbocycles. The van der Waals surface area contributed by atoms with Gasteiger partial charge in [0, 0.05) is 30.7 Å². The number of hydrogen-bond donors (Lipinski definition) is 1. The average molecular weight is 363 g/mol. The number of nitrogens with zero attached hydrogens (tertiary/aromatic N) is 6. The fourth-order valence-electron chi connectivity index (χ4n) is 2.95. The van der Waals surface area contributed by atoms with Gasteiger partial charge in [0.2, 0.25) is 11.7 Å². The van der Waals surface area contributed by atoms with Gasteiger partial charge >= 0.3 is 0 Å². The Morgan fingerprint density at radius 3 is 2.78 bits per heavy atom. The first-order chi connectivity index (χ1) is 13.0. The molecule has 0 bridgehead atoms.